The van der Waals surface area contributed by atoms with Gasteiger partial charge >= 0.3 is 6.61 Å². The lowest BCUT2D eigenvalue weighted by molar-refractivity contribution is -0.0499. The molecule has 1 heterocycles. The van der Waals surface area contributed by atoms with E-state index in [9.17, 15) is 13.6 Å². The van der Waals surface area contributed by atoms with Crippen molar-refractivity contribution < 1.29 is 18.3 Å². The number of hydrogen-bond acceptors (Lipinski definition) is 6. The second-order valence-corrected chi connectivity index (χ2v) is 8.80. The molecule has 0 aliphatic rings. The normalized spacial score (nSPS) is 11.3. The van der Waals surface area contributed by atoms with Gasteiger partial charge in [0.25, 0.3) is 5.91 Å². The first-order valence-electron chi connectivity index (χ1n) is 9.53. The van der Waals surface area contributed by atoms with Crippen molar-refractivity contribution in [3.05, 3.63) is 89.5 Å². The average molecular weight is 470 g/mol. The van der Waals surface area contributed by atoms with Crippen LogP contribution in [0.4, 0.5) is 8.78 Å². The van der Waals surface area contributed by atoms with Crippen LogP contribution in [-0.4, -0.2) is 23.7 Å². The standard InChI is InChI=1S/C23H17F2N3O2S2/c24-22(25)30-19-7-3-1-5-17(19)13-26-28-21(29)16-11-9-15(10-12-16)14-31-23-27-18-6-2-4-8-20(18)32-23/h1-13,22H,14H2,(H,28,29). The van der Waals surface area contributed by atoms with Crippen LogP contribution in [0.1, 0.15) is 21.5 Å². The molecule has 1 aromatic heterocycles. The van der Waals surface area contributed by atoms with Crippen molar-refractivity contribution in [1.29, 1.82) is 0 Å². The minimum absolute atomic E-state index is 0.0181. The van der Waals surface area contributed by atoms with Crippen molar-refractivity contribution >= 4 is 45.4 Å². The monoisotopic (exact) mass is 469 g/mol. The number of hydrogen-bond donors (Lipinski definition) is 1. The zero-order valence-corrected chi connectivity index (χ0v) is 18.2. The fraction of sp³-hybridized carbons (Fsp3) is 0.0870. The number of carbonyl (C=O) groups excluding carboxylic acids is 1. The topological polar surface area (TPSA) is 63.6 Å². The Kier molecular flexibility index (Phi) is 7.08. The van der Waals surface area contributed by atoms with Crippen molar-refractivity contribution in [3.8, 4) is 5.75 Å². The van der Waals surface area contributed by atoms with Crippen LogP contribution in [0.5, 0.6) is 5.75 Å². The molecule has 1 amide bonds. The van der Waals surface area contributed by atoms with E-state index in [1.807, 2.05) is 30.3 Å². The third kappa shape index (κ3) is 5.68. The first-order valence-corrected chi connectivity index (χ1v) is 11.3. The zero-order valence-electron chi connectivity index (χ0n) is 16.6. The van der Waals surface area contributed by atoms with E-state index >= 15 is 0 Å². The summed E-state index contributed by atoms with van der Waals surface area (Å²) in [5, 5.41) is 3.84. The number of halogens is 2. The maximum atomic E-state index is 12.5. The highest BCUT2D eigenvalue weighted by Crippen LogP contribution is 2.31. The number of para-hydroxylation sites is 2. The summed E-state index contributed by atoms with van der Waals surface area (Å²) in [6, 6.07) is 21.4. The molecule has 0 saturated heterocycles. The van der Waals surface area contributed by atoms with E-state index in [-0.39, 0.29) is 5.75 Å². The quantitative estimate of drug-likeness (QED) is 0.197. The molecule has 0 atom stereocenters. The van der Waals surface area contributed by atoms with E-state index in [2.05, 4.69) is 26.3 Å². The number of aromatic nitrogens is 1. The minimum atomic E-state index is -2.94. The van der Waals surface area contributed by atoms with Gasteiger partial charge in [-0.15, -0.1) is 11.3 Å². The number of ether oxygens (including phenoxy) is 1. The average Bonchev–Trinajstić information content (AvgIpc) is 3.22. The molecule has 3 aromatic carbocycles. The number of fused-ring (bicyclic) bond motifs is 1. The Morgan fingerprint density at radius 2 is 1.84 bits per heavy atom. The lowest BCUT2D eigenvalue weighted by Gasteiger charge is -2.07. The van der Waals surface area contributed by atoms with Crippen LogP contribution in [0.25, 0.3) is 10.2 Å². The number of carbonyl (C=O) groups is 1. The molecule has 0 bridgehead atoms. The Hall–Kier alpha value is -3.30. The molecule has 0 spiro atoms. The number of thioether (sulfide) groups is 1. The predicted octanol–water partition coefficient (Wildman–Crippen LogP) is 5.95. The van der Waals surface area contributed by atoms with Gasteiger partial charge in [0.2, 0.25) is 0 Å². The van der Waals surface area contributed by atoms with Gasteiger partial charge in [0.15, 0.2) is 4.34 Å². The summed E-state index contributed by atoms with van der Waals surface area (Å²) in [6.45, 7) is -2.94. The number of benzene rings is 3. The number of rotatable bonds is 8. The molecule has 1 N–H and O–H groups in total. The maximum absolute atomic E-state index is 12.5. The second kappa shape index (κ2) is 10.3. The Balaban J connectivity index is 1.32. The van der Waals surface area contributed by atoms with Gasteiger partial charge in [-0.2, -0.15) is 13.9 Å². The van der Waals surface area contributed by atoms with E-state index in [0.717, 1.165) is 25.9 Å². The fourth-order valence-electron chi connectivity index (χ4n) is 2.83. The number of nitrogens with zero attached hydrogens (tertiary/aromatic N) is 2. The molecule has 5 nitrogen and oxygen atoms in total. The first-order chi connectivity index (χ1) is 15.6. The van der Waals surface area contributed by atoms with Gasteiger partial charge in [0.05, 0.1) is 16.4 Å². The molecule has 9 heteroatoms. The van der Waals surface area contributed by atoms with Gasteiger partial charge in [0, 0.05) is 16.9 Å². The third-order valence-corrected chi connectivity index (χ3v) is 6.61. The van der Waals surface area contributed by atoms with Gasteiger partial charge in [-0.05, 0) is 42.0 Å². The number of amides is 1. The van der Waals surface area contributed by atoms with Crippen LogP contribution in [-0.2, 0) is 5.75 Å². The van der Waals surface area contributed by atoms with Crippen molar-refractivity contribution in [2.24, 2.45) is 5.10 Å². The summed E-state index contributed by atoms with van der Waals surface area (Å²) >= 11 is 3.31. The van der Waals surface area contributed by atoms with E-state index in [1.165, 1.54) is 12.3 Å². The zero-order chi connectivity index (χ0) is 22.3. The molecule has 0 unspecified atom stereocenters. The van der Waals surface area contributed by atoms with Crippen molar-refractivity contribution in [2.75, 3.05) is 0 Å². The predicted molar refractivity (Wildman–Crippen MR) is 124 cm³/mol. The van der Waals surface area contributed by atoms with Crippen molar-refractivity contribution in [1.82, 2.24) is 10.4 Å². The molecular weight excluding hydrogens is 452 g/mol. The highest BCUT2D eigenvalue weighted by atomic mass is 32.2. The van der Waals surface area contributed by atoms with Gasteiger partial charge in [0.1, 0.15) is 5.75 Å². The molecule has 4 aromatic rings. The van der Waals surface area contributed by atoms with Crippen LogP contribution in [0.15, 0.2) is 82.2 Å². The maximum Gasteiger partial charge on any atom is 0.387 e. The smallest absolute Gasteiger partial charge is 0.387 e. The van der Waals surface area contributed by atoms with Crippen LogP contribution in [0.2, 0.25) is 0 Å². The van der Waals surface area contributed by atoms with Gasteiger partial charge < -0.3 is 4.74 Å². The lowest BCUT2D eigenvalue weighted by atomic mass is 10.1. The van der Waals surface area contributed by atoms with Crippen molar-refractivity contribution in [3.63, 3.8) is 0 Å². The van der Waals surface area contributed by atoms with Crippen LogP contribution < -0.4 is 10.2 Å². The summed E-state index contributed by atoms with van der Waals surface area (Å²) < 4.78 is 31.5. The highest BCUT2D eigenvalue weighted by molar-refractivity contribution is 8.00. The number of alkyl halides is 2. The second-order valence-electron chi connectivity index (χ2n) is 6.55. The molecule has 0 saturated carbocycles. The largest absolute Gasteiger partial charge is 0.434 e. The number of thiazole rings is 1. The van der Waals surface area contributed by atoms with E-state index in [1.54, 1.807) is 53.4 Å². The number of nitrogens with one attached hydrogen (secondary N) is 1. The summed E-state index contributed by atoms with van der Waals surface area (Å²) in [5.41, 5.74) is 5.22. The Morgan fingerprint density at radius 1 is 1.09 bits per heavy atom. The number of hydrazone groups is 1. The van der Waals surface area contributed by atoms with Crippen LogP contribution in [0, 0.1) is 0 Å². The first kappa shape index (κ1) is 21.9. The molecule has 162 valence electrons. The minimum Gasteiger partial charge on any atom is -0.434 e. The summed E-state index contributed by atoms with van der Waals surface area (Å²) in [6.07, 6.45) is 1.26. The molecule has 0 fully saturated rings. The van der Waals surface area contributed by atoms with E-state index in [0.29, 0.717) is 11.1 Å². The highest BCUT2D eigenvalue weighted by Gasteiger charge is 2.09. The molecular formula is C23H17F2N3O2S2. The third-order valence-electron chi connectivity index (χ3n) is 4.36. The summed E-state index contributed by atoms with van der Waals surface area (Å²) in [7, 11) is 0. The van der Waals surface area contributed by atoms with E-state index in [4.69, 9.17) is 0 Å². The fourth-order valence-corrected chi connectivity index (χ4v) is 4.85. The van der Waals surface area contributed by atoms with Gasteiger partial charge in [-0.1, -0.05) is 48.2 Å². The lowest BCUT2D eigenvalue weighted by Crippen LogP contribution is -2.17. The summed E-state index contributed by atoms with van der Waals surface area (Å²) in [4.78, 5) is 16.9. The van der Waals surface area contributed by atoms with Crippen LogP contribution >= 0.6 is 23.1 Å². The van der Waals surface area contributed by atoms with E-state index < -0.39 is 12.5 Å². The Bertz CT molecular complexity index is 1210. The SMILES string of the molecule is O=C(NN=Cc1ccccc1OC(F)F)c1ccc(CSc2nc3ccccc3s2)cc1. The molecule has 0 aliphatic carbocycles. The van der Waals surface area contributed by atoms with Gasteiger partial charge in [-0.25, -0.2) is 10.4 Å². The Labute approximate surface area is 191 Å². The molecule has 32 heavy (non-hydrogen) atoms. The van der Waals surface area contributed by atoms with Crippen molar-refractivity contribution in [2.45, 2.75) is 16.7 Å². The molecule has 0 aliphatic heterocycles. The summed E-state index contributed by atoms with van der Waals surface area (Å²) in [5.74, 6) is 0.315. The molecule has 0 radical (unpaired) electrons. The molecule has 4 rings (SSSR count). The van der Waals surface area contributed by atoms with Gasteiger partial charge in [-0.3, -0.25) is 4.79 Å². The van der Waals surface area contributed by atoms with Crippen LogP contribution in [0.3, 0.4) is 0 Å². The Morgan fingerprint density at radius 3 is 2.62 bits per heavy atom.